The van der Waals surface area contributed by atoms with Crippen molar-refractivity contribution in [3.63, 3.8) is 0 Å². The summed E-state index contributed by atoms with van der Waals surface area (Å²) >= 11 is 0. The minimum atomic E-state index is -3.09. The van der Waals surface area contributed by atoms with Crippen LogP contribution >= 0.6 is 0 Å². The molecule has 1 aromatic heterocycles. The molecular weight excluding hydrogens is 775 g/mol. The highest BCUT2D eigenvalue weighted by atomic mass is 28.4. The molecule has 2 bridgehead atoms. The van der Waals surface area contributed by atoms with Gasteiger partial charge in [-0.25, -0.2) is 0 Å². The maximum atomic E-state index is 13.0. The molecule has 5 atom stereocenters. The van der Waals surface area contributed by atoms with Gasteiger partial charge in [0.05, 0.1) is 11.6 Å². The summed E-state index contributed by atoms with van der Waals surface area (Å²) in [5, 5.41) is 20.3. The highest BCUT2D eigenvalue weighted by Gasteiger charge is 2.52. The second-order valence-corrected chi connectivity index (χ2v) is 22.4. The van der Waals surface area contributed by atoms with E-state index in [0.717, 1.165) is 74.4 Å². The van der Waals surface area contributed by atoms with Crippen LogP contribution in [0.4, 0.5) is 0 Å². The third kappa shape index (κ3) is 6.82. The molecule has 3 aliphatic rings. The summed E-state index contributed by atoms with van der Waals surface area (Å²) < 4.78 is 7.87. The molecule has 7 aromatic carbocycles. The van der Waals surface area contributed by atoms with Crippen molar-refractivity contribution in [3.8, 4) is 22.6 Å². The lowest BCUT2D eigenvalue weighted by atomic mass is 9.73. The number of benzene rings is 7. The van der Waals surface area contributed by atoms with Crippen molar-refractivity contribution in [1.29, 1.82) is 0 Å². The molecule has 308 valence electrons. The van der Waals surface area contributed by atoms with Crippen molar-refractivity contribution >= 4 is 57.4 Å². The molecule has 4 heterocycles. The Bertz CT molecular complexity index is 2910. The predicted octanol–water partition coefficient (Wildman–Crippen LogP) is 11.9. The number of nitrogens with zero attached hydrogens (tertiary/aromatic N) is 3. The van der Waals surface area contributed by atoms with Crippen LogP contribution in [0.3, 0.4) is 0 Å². The zero-order valence-electron chi connectivity index (χ0n) is 35.8. The second-order valence-electron chi connectivity index (χ2n) is 18.2. The largest absolute Gasteiger partial charge is 0.534 e. The summed E-state index contributed by atoms with van der Waals surface area (Å²) in [6.45, 7) is 13.2. The van der Waals surface area contributed by atoms with Gasteiger partial charge in [0.1, 0.15) is 11.5 Å². The average Bonchev–Trinajstić information content (AvgIpc) is 3.31. The fourth-order valence-corrected chi connectivity index (χ4v) is 15.2. The first-order valence-corrected chi connectivity index (χ1v) is 24.0. The molecule has 62 heavy (non-hydrogen) atoms. The van der Waals surface area contributed by atoms with Crippen LogP contribution in [0.1, 0.15) is 50.8 Å². The van der Waals surface area contributed by atoms with Crippen LogP contribution in [0.5, 0.6) is 11.5 Å². The van der Waals surface area contributed by atoms with E-state index in [4.69, 9.17) is 14.4 Å². The Balaban J connectivity index is 1.19. The van der Waals surface area contributed by atoms with Gasteiger partial charge in [-0.2, -0.15) is 0 Å². The molecule has 3 fully saturated rings. The van der Waals surface area contributed by atoms with Crippen molar-refractivity contribution in [1.82, 2.24) is 9.88 Å². The molecule has 3 aliphatic heterocycles. The van der Waals surface area contributed by atoms with Crippen molar-refractivity contribution in [2.24, 2.45) is 16.8 Å². The summed E-state index contributed by atoms with van der Waals surface area (Å²) in [5.41, 5.74) is 4.42. The molecule has 4 unspecified atom stereocenters. The van der Waals surface area contributed by atoms with E-state index in [9.17, 15) is 5.11 Å². The fourth-order valence-electron chi connectivity index (χ4n) is 10.7. The maximum absolute atomic E-state index is 13.0. The van der Waals surface area contributed by atoms with Gasteiger partial charge < -0.3 is 9.53 Å². The van der Waals surface area contributed by atoms with E-state index in [0.29, 0.717) is 17.4 Å². The normalized spacial score (nSPS) is 19.6. The fraction of sp³-hybridized carbons (Fsp3) is 0.214. The van der Waals surface area contributed by atoms with Crippen LogP contribution in [-0.4, -0.2) is 48.7 Å². The Labute approximate surface area is 366 Å². The average molecular weight is 828 g/mol. The third-order valence-electron chi connectivity index (χ3n) is 13.8. The predicted molar refractivity (Wildman–Crippen MR) is 261 cm³/mol. The Hall–Kier alpha value is -6.34. The van der Waals surface area contributed by atoms with E-state index in [1.807, 2.05) is 18.5 Å². The second kappa shape index (κ2) is 16.2. The topological polar surface area (TPSA) is 58.0 Å². The molecular formula is C56H53N3O2Si. The first-order valence-electron chi connectivity index (χ1n) is 22.1. The number of rotatable bonds is 10. The summed E-state index contributed by atoms with van der Waals surface area (Å²) in [5.74, 6) is 2.00. The van der Waals surface area contributed by atoms with Gasteiger partial charge in [0.2, 0.25) is 0 Å². The number of piperidine rings is 3. The molecule has 0 aliphatic carbocycles. The van der Waals surface area contributed by atoms with Crippen molar-refractivity contribution in [2.45, 2.75) is 50.7 Å². The van der Waals surface area contributed by atoms with E-state index >= 15 is 0 Å². The van der Waals surface area contributed by atoms with Gasteiger partial charge in [-0.05, 0) is 98.0 Å². The van der Waals surface area contributed by atoms with Crippen LogP contribution < -0.4 is 14.8 Å². The monoisotopic (exact) mass is 827 g/mol. The number of hydrogen-bond donors (Lipinski definition) is 1. The van der Waals surface area contributed by atoms with Crippen molar-refractivity contribution < 1.29 is 9.53 Å². The number of para-hydroxylation sites is 1. The molecule has 3 saturated heterocycles. The highest BCUT2D eigenvalue weighted by molar-refractivity contribution is 7.00. The molecule has 0 amide bonds. The first-order chi connectivity index (χ1) is 30.2. The van der Waals surface area contributed by atoms with Gasteiger partial charge in [0, 0.05) is 47.1 Å². The van der Waals surface area contributed by atoms with E-state index in [1.54, 1.807) is 0 Å². The number of phenolic OH excluding ortho intramolecular Hbond substituents is 1. The SMILES string of the molecule is C=CC1CN2CCC1CC2[C@@H](N=Cc1cc2ccccc2c(-c2c(O[Si](c3ccccc3)(c3ccccc3)C(C)(C)C)ccc3ccccc23)c1O)c1ccnc2ccccc12. The third-order valence-corrected chi connectivity index (χ3v) is 18.7. The molecule has 0 radical (unpaired) electrons. The number of hydrogen-bond acceptors (Lipinski definition) is 5. The Morgan fingerprint density at radius 3 is 2.05 bits per heavy atom. The zero-order chi connectivity index (χ0) is 42.4. The summed E-state index contributed by atoms with van der Waals surface area (Å²) in [6, 6.07) is 55.3. The smallest absolute Gasteiger partial charge is 0.319 e. The minimum Gasteiger partial charge on any atom is -0.534 e. The van der Waals surface area contributed by atoms with Crippen LogP contribution in [0.15, 0.2) is 182 Å². The van der Waals surface area contributed by atoms with E-state index in [2.05, 4.69) is 190 Å². The number of aliphatic imine (C=N–C) groups is 1. The molecule has 1 N–H and O–H groups in total. The quantitative estimate of drug-likeness (QED) is 0.0848. The minimum absolute atomic E-state index is 0.169. The van der Waals surface area contributed by atoms with Gasteiger partial charge in [0.15, 0.2) is 0 Å². The number of aromatic hydroxyl groups is 1. The first kappa shape index (κ1) is 39.8. The number of phenols is 1. The standard InChI is InChI=1S/C56H53N3O2Si/c1-5-38-37-59-33-31-40(38)35-50(59)54(48-30-32-57-49-27-17-16-26-47(48)49)58-36-42-34-41-19-13-15-25-46(41)53(55(42)60)52-45-24-14-12-18-39(45)28-29-51(52)61-62(56(2,3)4,43-20-8-6-9-21-43)44-22-10-7-11-23-44/h5-30,32,34,36,38,40,50,54,60H,1,31,33,35,37H2,2-4H3/t38?,40?,50?,54-/m0/s1. The zero-order valence-corrected chi connectivity index (χ0v) is 36.8. The van der Waals surface area contributed by atoms with Crippen LogP contribution in [0, 0.1) is 11.8 Å². The molecule has 0 spiro atoms. The number of pyridine rings is 1. The lowest BCUT2D eigenvalue weighted by Crippen LogP contribution is -2.68. The van der Waals surface area contributed by atoms with Gasteiger partial charge in [-0.3, -0.25) is 14.9 Å². The molecule has 11 rings (SSSR count). The van der Waals surface area contributed by atoms with Gasteiger partial charge in [-0.15, -0.1) is 6.58 Å². The van der Waals surface area contributed by atoms with Crippen LogP contribution in [0.2, 0.25) is 5.04 Å². The number of fused-ring (bicyclic) bond motifs is 6. The number of aromatic nitrogens is 1. The van der Waals surface area contributed by atoms with Gasteiger partial charge >= 0.3 is 8.32 Å². The Kier molecular flexibility index (Phi) is 10.4. The highest BCUT2D eigenvalue weighted by Crippen LogP contribution is 2.49. The summed E-state index contributed by atoms with van der Waals surface area (Å²) in [6.07, 6.45) is 8.23. The summed E-state index contributed by atoms with van der Waals surface area (Å²) in [4.78, 5) is 12.9. The lowest BCUT2D eigenvalue weighted by molar-refractivity contribution is 0.00797. The van der Waals surface area contributed by atoms with Crippen LogP contribution in [-0.2, 0) is 0 Å². The Morgan fingerprint density at radius 2 is 1.39 bits per heavy atom. The molecule has 0 saturated carbocycles. The Morgan fingerprint density at radius 1 is 0.758 bits per heavy atom. The van der Waals surface area contributed by atoms with Crippen molar-refractivity contribution in [3.05, 3.63) is 188 Å². The van der Waals surface area contributed by atoms with E-state index < -0.39 is 8.32 Å². The van der Waals surface area contributed by atoms with Gasteiger partial charge in [0.25, 0.3) is 0 Å². The molecule has 8 aromatic rings. The van der Waals surface area contributed by atoms with Crippen molar-refractivity contribution in [2.75, 3.05) is 13.1 Å². The van der Waals surface area contributed by atoms with Gasteiger partial charge in [-0.1, -0.05) is 160 Å². The summed E-state index contributed by atoms with van der Waals surface area (Å²) in [7, 11) is -3.09. The maximum Gasteiger partial charge on any atom is 0.319 e. The van der Waals surface area contributed by atoms with E-state index in [-0.39, 0.29) is 22.9 Å². The molecule has 5 nitrogen and oxygen atoms in total. The van der Waals surface area contributed by atoms with E-state index in [1.165, 1.54) is 16.8 Å². The lowest BCUT2D eigenvalue weighted by Gasteiger charge is -2.51. The molecule has 6 heteroatoms. The van der Waals surface area contributed by atoms with Crippen LogP contribution in [0.25, 0.3) is 43.6 Å².